The molecule has 0 amide bonds. The van der Waals surface area contributed by atoms with Crippen LogP contribution in [0.5, 0.6) is 0 Å². The Morgan fingerprint density at radius 1 is 1.47 bits per heavy atom. The molecule has 1 heterocycles. The van der Waals surface area contributed by atoms with Gasteiger partial charge in [0.05, 0.1) is 6.20 Å². The monoisotopic (exact) mass is 286 g/mol. The highest BCUT2D eigenvalue weighted by molar-refractivity contribution is 7.89. The first-order valence-electron chi connectivity index (χ1n) is 6.69. The third kappa shape index (κ3) is 3.34. The molecule has 0 aromatic carbocycles. The largest absolute Gasteiger partial charge is 0.313 e. The Morgan fingerprint density at radius 3 is 2.79 bits per heavy atom. The van der Waals surface area contributed by atoms with Gasteiger partial charge in [-0.3, -0.25) is 5.10 Å². The van der Waals surface area contributed by atoms with Gasteiger partial charge >= 0.3 is 0 Å². The van der Waals surface area contributed by atoms with E-state index in [2.05, 4.69) is 27.2 Å². The van der Waals surface area contributed by atoms with Gasteiger partial charge in [0.15, 0.2) is 5.03 Å². The van der Waals surface area contributed by atoms with Gasteiger partial charge in [0.25, 0.3) is 10.0 Å². The molecule has 3 N–H and O–H groups in total. The standard InChI is InChI=1S/C12H22N4O2S/c1-3-13-7-10-8-14-16-11(10)19(17,18)15-9-12(2)5-4-6-12/h8,13,15H,3-7,9H2,1-2H3,(H,14,16). The summed E-state index contributed by atoms with van der Waals surface area (Å²) in [6.45, 7) is 5.88. The Kier molecular flexibility index (Phi) is 4.27. The Hall–Kier alpha value is -0.920. The highest BCUT2D eigenvalue weighted by atomic mass is 32.2. The van der Waals surface area contributed by atoms with E-state index in [1.54, 1.807) is 6.20 Å². The Bertz CT molecular complexity index is 520. The number of rotatable bonds is 7. The van der Waals surface area contributed by atoms with Crippen molar-refractivity contribution in [3.8, 4) is 0 Å². The summed E-state index contributed by atoms with van der Waals surface area (Å²) in [6.07, 6.45) is 4.92. The first-order chi connectivity index (χ1) is 8.97. The zero-order valence-electron chi connectivity index (χ0n) is 11.5. The van der Waals surface area contributed by atoms with E-state index in [0.29, 0.717) is 18.7 Å². The van der Waals surface area contributed by atoms with Crippen molar-refractivity contribution in [1.82, 2.24) is 20.2 Å². The predicted octanol–water partition coefficient (Wildman–Crippen LogP) is 0.988. The number of sulfonamides is 1. The zero-order chi connectivity index (χ0) is 13.9. The van der Waals surface area contributed by atoms with E-state index in [0.717, 1.165) is 19.4 Å². The smallest absolute Gasteiger partial charge is 0.257 e. The maximum atomic E-state index is 12.3. The van der Waals surface area contributed by atoms with Crippen LogP contribution in [0.15, 0.2) is 11.2 Å². The minimum atomic E-state index is -3.50. The Labute approximate surface area is 114 Å². The van der Waals surface area contributed by atoms with Gasteiger partial charge in [0.1, 0.15) is 0 Å². The molecule has 7 heteroatoms. The number of aromatic nitrogens is 2. The van der Waals surface area contributed by atoms with Crippen LogP contribution < -0.4 is 10.0 Å². The van der Waals surface area contributed by atoms with Gasteiger partial charge in [0, 0.05) is 18.7 Å². The third-order valence-electron chi connectivity index (χ3n) is 3.76. The summed E-state index contributed by atoms with van der Waals surface area (Å²) in [7, 11) is -3.50. The fraction of sp³-hybridized carbons (Fsp3) is 0.750. The van der Waals surface area contributed by atoms with Gasteiger partial charge in [-0.15, -0.1) is 0 Å². The van der Waals surface area contributed by atoms with E-state index < -0.39 is 10.0 Å². The van der Waals surface area contributed by atoms with Crippen LogP contribution in [0.3, 0.4) is 0 Å². The van der Waals surface area contributed by atoms with Gasteiger partial charge in [-0.2, -0.15) is 5.10 Å². The molecule has 1 fully saturated rings. The molecular weight excluding hydrogens is 264 g/mol. The van der Waals surface area contributed by atoms with E-state index in [-0.39, 0.29) is 10.4 Å². The van der Waals surface area contributed by atoms with Crippen molar-refractivity contribution in [1.29, 1.82) is 0 Å². The summed E-state index contributed by atoms with van der Waals surface area (Å²) in [5.41, 5.74) is 0.794. The second kappa shape index (κ2) is 5.60. The summed E-state index contributed by atoms with van der Waals surface area (Å²) in [5, 5.41) is 9.71. The number of hydrogen-bond acceptors (Lipinski definition) is 4. The van der Waals surface area contributed by atoms with Crippen molar-refractivity contribution in [3.05, 3.63) is 11.8 Å². The van der Waals surface area contributed by atoms with Crippen LogP contribution in [0.4, 0.5) is 0 Å². The van der Waals surface area contributed by atoms with Gasteiger partial charge in [0.2, 0.25) is 0 Å². The summed E-state index contributed by atoms with van der Waals surface area (Å²) in [5.74, 6) is 0. The molecule has 1 aromatic rings. The molecule has 6 nitrogen and oxygen atoms in total. The van der Waals surface area contributed by atoms with Crippen LogP contribution in [-0.2, 0) is 16.6 Å². The number of H-pyrrole nitrogens is 1. The highest BCUT2D eigenvalue weighted by Crippen LogP contribution is 2.39. The SMILES string of the molecule is CCNCc1cn[nH]c1S(=O)(=O)NCC1(C)CCC1. The van der Waals surface area contributed by atoms with Crippen LogP contribution in [0.25, 0.3) is 0 Å². The summed E-state index contributed by atoms with van der Waals surface area (Å²) < 4.78 is 27.2. The quantitative estimate of drug-likeness (QED) is 0.697. The van der Waals surface area contributed by atoms with Gasteiger partial charge in [-0.05, 0) is 24.8 Å². The van der Waals surface area contributed by atoms with Crippen molar-refractivity contribution >= 4 is 10.0 Å². The second-order valence-electron chi connectivity index (χ2n) is 5.49. The molecule has 1 aliphatic rings. The molecule has 1 aliphatic carbocycles. The molecule has 0 aliphatic heterocycles. The van der Waals surface area contributed by atoms with Crippen LogP contribution in [-0.4, -0.2) is 31.7 Å². The molecule has 0 spiro atoms. The molecule has 108 valence electrons. The average molecular weight is 286 g/mol. The summed E-state index contributed by atoms with van der Waals surface area (Å²) >= 11 is 0. The first-order valence-corrected chi connectivity index (χ1v) is 8.18. The van der Waals surface area contributed by atoms with E-state index in [4.69, 9.17) is 0 Å². The topological polar surface area (TPSA) is 86.9 Å². The van der Waals surface area contributed by atoms with E-state index >= 15 is 0 Å². The molecule has 19 heavy (non-hydrogen) atoms. The average Bonchev–Trinajstić information content (AvgIpc) is 2.80. The molecule has 1 aromatic heterocycles. The molecule has 0 radical (unpaired) electrons. The molecule has 0 unspecified atom stereocenters. The van der Waals surface area contributed by atoms with Crippen LogP contribution in [0.2, 0.25) is 0 Å². The fourth-order valence-electron chi connectivity index (χ4n) is 2.22. The normalized spacial score (nSPS) is 18.2. The van der Waals surface area contributed by atoms with Gasteiger partial charge in [-0.1, -0.05) is 20.3 Å². The number of aromatic amines is 1. The lowest BCUT2D eigenvalue weighted by molar-refractivity contribution is 0.166. The lowest BCUT2D eigenvalue weighted by Gasteiger charge is -2.38. The maximum Gasteiger partial charge on any atom is 0.257 e. The van der Waals surface area contributed by atoms with Crippen LogP contribution in [0, 0.1) is 5.41 Å². The van der Waals surface area contributed by atoms with Crippen LogP contribution in [0.1, 0.15) is 38.7 Å². The molecule has 2 rings (SSSR count). The van der Waals surface area contributed by atoms with Crippen molar-refractivity contribution < 1.29 is 8.42 Å². The molecule has 0 atom stereocenters. The third-order valence-corrected chi connectivity index (χ3v) is 5.18. The number of hydrogen-bond donors (Lipinski definition) is 3. The van der Waals surface area contributed by atoms with Crippen LogP contribution >= 0.6 is 0 Å². The zero-order valence-corrected chi connectivity index (χ0v) is 12.3. The summed E-state index contributed by atoms with van der Waals surface area (Å²) in [6, 6.07) is 0. The lowest BCUT2D eigenvalue weighted by Crippen LogP contribution is -2.40. The highest BCUT2D eigenvalue weighted by Gasteiger charge is 2.33. The van der Waals surface area contributed by atoms with Gasteiger partial charge < -0.3 is 5.32 Å². The first kappa shape index (κ1) is 14.5. The minimum Gasteiger partial charge on any atom is -0.313 e. The van der Waals surface area contributed by atoms with E-state index in [1.165, 1.54) is 6.42 Å². The number of nitrogens with zero attached hydrogens (tertiary/aromatic N) is 1. The second-order valence-corrected chi connectivity index (χ2v) is 7.20. The minimum absolute atomic E-state index is 0.120. The fourth-order valence-corrected chi connectivity index (χ4v) is 3.54. The molecule has 0 saturated heterocycles. The number of nitrogens with one attached hydrogen (secondary N) is 3. The van der Waals surface area contributed by atoms with Gasteiger partial charge in [-0.25, -0.2) is 13.1 Å². The predicted molar refractivity (Wildman–Crippen MR) is 73.1 cm³/mol. The van der Waals surface area contributed by atoms with Crippen molar-refractivity contribution in [2.75, 3.05) is 13.1 Å². The molecule has 1 saturated carbocycles. The molecule has 0 bridgehead atoms. The van der Waals surface area contributed by atoms with E-state index in [9.17, 15) is 8.42 Å². The van der Waals surface area contributed by atoms with E-state index in [1.807, 2.05) is 6.92 Å². The maximum absolute atomic E-state index is 12.3. The molecular formula is C12H22N4O2S. The van der Waals surface area contributed by atoms with Crippen molar-refractivity contribution in [2.45, 2.75) is 44.7 Å². The van der Waals surface area contributed by atoms with Crippen molar-refractivity contribution in [3.63, 3.8) is 0 Å². The van der Waals surface area contributed by atoms with Crippen molar-refractivity contribution in [2.24, 2.45) is 5.41 Å². The summed E-state index contributed by atoms with van der Waals surface area (Å²) in [4.78, 5) is 0. The Balaban J connectivity index is 2.04. The Morgan fingerprint density at radius 2 is 2.21 bits per heavy atom. The lowest BCUT2D eigenvalue weighted by atomic mass is 9.71.